The van der Waals surface area contributed by atoms with Crippen molar-refractivity contribution >= 4 is 11.7 Å². The highest BCUT2D eigenvalue weighted by Gasteiger charge is 2.35. The largest absolute Gasteiger partial charge is 0.489 e. The Hall–Kier alpha value is -2.64. The van der Waals surface area contributed by atoms with Gasteiger partial charge < -0.3 is 19.1 Å². The maximum atomic E-state index is 14.3. The Morgan fingerprint density at radius 1 is 1.13 bits per heavy atom. The molecule has 0 aliphatic carbocycles. The van der Waals surface area contributed by atoms with Crippen molar-refractivity contribution in [1.82, 2.24) is 4.90 Å². The lowest BCUT2D eigenvalue weighted by molar-refractivity contribution is -0.0950. The summed E-state index contributed by atoms with van der Waals surface area (Å²) in [5.74, 6) is 0.102. The fraction of sp³-hybridized carbons (Fsp3) is 0.458. The fourth-order valence-corrected chi connectivity index (χ4v) is 3.71. The molecule has 168 valence electrons. The Balaban J connectivity index is 1.69. The maximum absolute atomic E-state index is 14.3. The zero-order chi connectivity index (χ0) is 22.4. The van der Waals surface area contributed by atoms with Gasteiger partial charge in [0.25, 0.3) is 0 Å². The van der Waals surface area contributed by atoms with E-state index in [0.29, 0.717) is 45.0 Å². The van der Waals surface area contributed by atoms with Gasteiger partial charge in [0.1, 0.15) is 18.2 Å². The zero-order valence-electron chi connectivity index (χ0n) is 18.7. The lowest BCUT2D eigenvalue weighted by Crippen LogP contribution is -2.38. The van der Waals surface area contributed by atoms with E-state index in [1.54, 1.807) is 31.0 Å². The summed E-state index contributed by atoms with van der Waals surface area (Å²) in [6, 6.07) is 12.2. The van der Waals surface area contributed by atoms with E-state index >= 15 is 0 Å². The zero-order valence-corrected chi connectivity index (χ0v) is 18.7. The highest BCUT2D eigenvalue weighted by molar-refractivity contribution is 5.91. The van der Waals surface area contributed by atoms with Gasteiger partial charge in [-0.15, -0.1) is 0 Å². The molecule has 3 rings (SSSR count). The van der Waals surface area contributed by atoms with E-state index in [2.05, 4.69) is 0 Å². The van der Waals surface area contributed by atoms with Crippen molar-refractivity contribution in [2.24, 2.45) is 0 Å². The number of carbonyl (C=O) groups excluding carboxylic acids is 1. The molecule has 1 heterocycles. The van der Waals surface area contributed by atoms with Crippen LogP contribution in [0.4, 0.5) is 14.9 Å². The number of amides is 2. The molecule has 2 aromatic carbocycles. The number of rotatable bonds is 7. The Morgan fingerprint density at radius 2 is 1.81 bits per heavy atom. The molecule has 1 aliphatic rings. The smallest absolute Gasteiger partial charge is 0.323 e. The van der Waals surface area contributed by atoms with Gasteiger partial charge in [-0.2, -0.15) is 0 Å². The van der Waals surface area contributed by atoms with Gasteiger partial charge in [0.05, 0.1) is 5.60 Å². The van der Waals surface area contributed by atoms with Gasteiger partial charge in [-0.05, 0) is 42.3 Å². The van der Waals surface area contributed by atoms with Gasteiger partial charge in [-0.25, -0.2) is 9.18 Å². The first-order valence-electron chi connectivity index (χ1n) is 10.5. The minimum Gasteiger partial charge on any atom is -0.489 e. The van der Waals surface area contributed by atoms with E-state index in [9.17, 15) is 9.18 Å². The molecule has 0 spiro atoms. The Kier molecular flexibility index (Phi) is 7.51. The minimum absolute atomic E-state index is 0.0704. The van der Waals surface area contributed by atoms with Gasteiger partial charge in [0.15, 0.2) is 0 Å². The molecule has 0 N–H and O–H groups in total. The van der Waals surface area contributed by atoms with E-state index in [-0.39, 0.29) is 11.8 Å². The number of carbonyl (C=O) groups is 1. The van der Waals surface area contributed by atoms with Gasteiger partial charge >= 0.3 is 6.03 Å². The van der Waals surface area contributed by atoms with Crippen LogP contribution in [0.1, 0.15) is 30.9 Å². The molecule has 1 fully saturated rings. The number of hydrogen-bond donors (Lipinski definition) is 0. The van der Waals surface area contributed by atoms with Crippen molar-refractivity contribution in [1.29, 1.82) is 0 Å². The van der Waals surface area contributed by atoms with Crippen molar-refractivity contribution in [3.05, 3.63) is 59.4 Å². The quantitative estimate of drug-likeness (QED) is 0.646. The second-order valence-electron chi connectivity index (χ2n) is 7.80. The molecule has 0 saturated carbocycles. The number of anilines is 1. The molecule has 0 bridgehead atoms. The van der Waals surface area contributed by atoms with Crippen molar-refractivity contribution in [2.45, 2.75) is 32.0 Å². The molecule has 31 heavy (non-hydrogen) atoms. The number of urea groups is 1. The average Bonchev–Trinajstić information content (AvgIpc) is 2.81. The molecule has 0 unspecified atom stereocenters. The Bertz CT molecular complexity index is 882. The van der Waals surface area contributed by atoms with Gasteiger partial charge in [0, 0.05) is 65.6 Å². The number of benzene rings is 2. The predicted octanol–water partition coefficient (Wildman–Crippen LogP) is 4.56. The molecule has 2 aromatic rings. The summed E-state index contributed by atoms with van der Waals surface area (Å²) >= 11 is 0. The van der Waals surface area contributed by atoms with Crippen molar-refractivity contribution in [3.63, 3.8) is 0 Å². The van der Waals surface area contributed by atoms with Crippen LogP contribution in [0.3, 0.4) is 0 Å². The van der Waals surface area contributed by atoms with Crippen LogP contribution in [0.2, 0.25) is 0 Å². The molecule has 0 aromatic heterocycles. The van der Waals surface area contributed by atoms with Gasteiger partial charge in [-0.1, -0.05) is 12.1 Å². The summed E-state index contributed by atoms with van der Waals surface area (Å²) < 4.78 is 31.4. The molecule has 6 nitrogen and oxygen atoms in total. The highest BCUT2D eigenvalue weighted by Crippen LogP contribution is 2.37. The molecule has 2 amide bonds. The summed E-state index contributed by atoms with van der Waals surface area (Å²) in [6.07, 6.45) is 1.35. The minimum atomic E-state index is -0.553. The normalized spacial score (nSPS) is 15.4. The van der Waals surface area contributed by atoms with Crippen LogP contribution in [0, 0.1) is 5.82 Å². The molecule has 0 radical (unpaired) electrons. The number of halogens is 1. The number of hydrogen-bond acceptors (Lipinski definition) is 4. The molecule has 0 atom stereocenters. The van der Waals surface area contributed by atoms with E-state index in [0.717, 1.165) is 16.8 Å². The topological polar surface area (TPSA) is 51.2 Å². The Morgan fingerprint density at radius 3 is 2.42 bits per heavy atom. The number of ether oxygens (including phenoxy) is 3. The first-order chi connectivity index (χ1) is 14.9. The lowest BCUT2D eigenvalue weighted by atomic mass is 9.86. The summed E-state index contributed by atoms with van der Waals surface area (Å²) in [5.41, 5.74) is 1.93. The fourth-order valence-electron chi connectivity index (χ4n) is 3.71. The average molecular weight is 431 g/mol. The first-order valence-corrected chi connectivity index (χ1v) is 10.5. The van der Waals surface area contributed by atoms with Crippen LogP contribution in [0.5, 0.6) is 5.75 Å². The van der Waals surface area contributed by atoms with Crippen LogP contribution in [-0.4, -0.2) is 51.9 Å². The summed E-state index contributed by atoms with van der Waals surface area (Å²) in [4.78, 5) is 15.5. The van der Waals surface area contributed by atoms with E-state index in [4.69, 9.17) is 14.2 Å². The van der Waals surface area contributed by atoms with Gasteiger partial charge in [0.2, 0.25) is 0 Å². The highest BCUT2D eigenvalue weighted by atomic mass is 19.1. The standard InChI is InChI=1S/C24H31FN2O4/c1-5-26(2)23(28)27(3)21-8-6-18(7-9-21)17-31-22-15-19(14-20(25)16-22)24(29-4)10-12-30-13-11-24/h6-9,14-16H,5,10-13,17H2,1-4H3. The molecule has 1 saturated heterocycles. The molecular weight excluding hydrogens is 399 g/mol. The third-order valence-electron chi connectivity index (χ3n) is 5.91. The SMILES string of the molecule is CCN(C)C(=O)N(C)c1ccc(COc2cc(F)cc(C3(OC)CCOCC3)c2)cc1. The Labute approximate surface area is 183 Å². The summed E-state index contributed by atoms with van der Waals surface area (Å²) in [7, 11) is 5.16. The van der Waals surface area contributed by atoms with Crippen molar-refractivity contribution in [3.8, 4) is 5.75 Å². The summed E-state index contributed by atoms with van der Waals surface area (Å²) in [6.45, 7) is 4.02. The van der Waals surface area contributed by atoms with Crippen LogP contribution in [0.15, 0.2) is 42.5 Å². The number of nitrogens with zero attached hydrogens (tertiary/aromatic N) is 2. The molecular formula is C24H31FN2O4. The summed E-state index contributed by atoms with van der Waals surface area (Å²) in [5, 5.41) is 0. The van der Waals surface area contributed by atoms with Crippen LogP contribution in [-0.2, 0) is 21.7 Å². The van der Waals surface area contributed by atoms with Gasteiger partial charge in [-0.3, -0.25) is 4.90 Å². The second-order valence-corrected chi connectivity index (χ2v) is 7.80. The van der Waals surface area contributed by atoms with Crippen LogP contribution >= 0.6 is 0 Å². The molecule has 7 heteroatoms. The third kappa shape index (κ3) is 5.35. The third-order valence-corrected chi connectivity index (χ3v) is 5.91. The first kappa shape index (κ1) is 23.0. The van der Waals surface area contributed by atoms with Crippen molar-refractivity contribution < 1.29 is 23.4 Å². The number of methoxy groups -OCH3 is 1. The van der Waals surface area contributed by atoms with Crippen molar-refractivity contribution in [2.75, 3.05) is 45.9 Å². The van der Waals surface area contributed by atoms with E-state index in [1.165, 1.54) is 12.1 Å². The second kappa shape index (κ2) is 10.1. The van der Waals surface area contributed by atoms with Crippen LogP contribution in [0.25, 0.3) is 0 Å². The predicted molar refractivity (Wildman–Crippen MR) is 118 cm³/mol. The molecule has 1 aliphatic heterocycles. The lowest BCUT2D eigenvalue weighted by Gasteiger charge is -2.36. The van der Waals surface area contributed by atoms with E-state index < -0.39 is 5.60 Å². The maximum Gasteiger partial charge on any atom is 0.323 e. The monoisotopic (exact) mass is 430 g/mol. The van der Waals surface area contributed by atoms with E-state index in [1.807, 2.05) is 37.3 Å². The van der Waals surface area contributed by atoms with Crippen LogP contribution < -0.4 is 9.64 Å².